The van der Waals surface area contributed by atoms with Gasteiger partial charge in [-0.15, -0.1) is 0 Å². The molecule has 0 rings (SSSR count). The molecule has 1 unspecified atom stereocenters. The van der Waals surface area contributed by atoms with Gasteiger partial charge in [-0.3, -0.25) is 18.6 Å². The van der Waals surface area contributed by atoms with E-state index in [1.54, 1.807) is 0 Å². The second-order valence-electron chi connectivity index (χ2n) is 13.7. The van der Waals surface area contributed by atoms with Crippen LogP contribution in [0.4, 0.5) is 0 Å². The van der Waals surface area contributed by atoms with Crippen molar-refractivity contribution in [1.82, 2.24) is 0 Å². The van der Waals surface area contributed by atoms with E-state index in [0.717, 1.165) is 77.0 Å². The van der Waals surface area contributed by atoms with E-state index in [1.807, 2.05) is 0 Å². The molecule has 0 amide bonds. The highest BCUT2D eigenvalue weighted by Gasteiger charge is 2.27. The molecule has 0 aromatic carbocycles. The number of hydrogen-bond acceptors (Lipinski definition) is 9. The van der Waals surface area contributed by atoms with Crippen LogP contribution < -0.4 is 0 Å². The maximum atomic E-state index is 12.6. The molecule has 0 aliphatic carbocycles. The third-order valence-electron chi connectivity index (χ3n) is 8.58. The van der Waals surface area contributed by atoms with Crippen molar-refractivity contribution in [2.75, 3.05) is 26.4 Å². The number of aliphatic hydroxyl groups excluding tert-OH is 2. The molecule has 0 bridgehead atoms. The molecule has 0 fully saturated rings. The Morgan fingerprint density at radius 3 is 1.41 bits per heavy atom. The van der Waals surface area contributed by atoms with E-state index in [9.17, 15) is 24.2 Å². The maximum Gasteiger partial charge on any atom is 0.472 e. The molecule has 0 aliphatic rings. The minimum atomic E-state index is -4.61. The first kappa shape index (κ1) is 49.5. The van der Waals surface area contributed by atoms with E-state index in [4.69, 9.17) is 19.1 Å². The van der Waals surface area contributed by atoms with Crippen molar-refractivity contribution in [3.63, 3.8) is 0 Å². The molecule has 0 heterocycles. The first-order chi connectivity index (χ1) is 24.7. The lowest BCUT2D eigenvalue weighted by atomic mass is 10.1. The topological polar surface area (TPSA) is 149 Å². The fourth-order valence-corrected chi connectivity index (χ4v) is 6.18. The van der Waals surface area contributed by atoms with Gasteiger partial charge >= 0.3 is 19.8 Å². The van der Waals surface area contributed by atoms with Gasteiger partial charge in [0, 0.05) is 12.8 Å². The van der Waals surface area contributed by atoms with Gasteiger partial charge in [0.25, 0.3) is 0 Å². The number of aliphatic hydroxyl groups is 2. The lowest BCUT2D eigenvalue weighted by molar-refractivity contribution is -0.161. The van der Waals surface area contributed by atoms with Crippen molar-refractivity contribution >= 4 is 19.8 Å². The number of phosphoric acid groups is 1. The van der Waals surface area contributed by atoms with Crippen molar-refractivity contribution in [2.45, 2.75) is 193 Å². The molecule has 0 aromatic heterocycles. The summed E-state index contributed by atoms with van der Waals surface area (Å²) in [6.45, 7) is 2.34. The predicted molar refractivity (Wildman–Crippen MR) is 205 cm³/mol. The molecule has 51 heavy (non-hydrogen) atoms. The maximum absolute atomic E-state index is 12.6. The number of ether oxygens (including phenoxy) is 2. The number of carbonyl (C=O) groups excluding carboxylic acids is 2. The lowest BCUT2D eigenvalue weighted by Crippen LogP contribution is -2.29. The molecular formula is C40H75O10P. The zero-order chi connectivity index (χ0) is 37.7. The van der Waals surface area contributed by atoms with E-state index < -0.39 is 51.8 Å². The van der Waals surface area contributed by atoms with Gasteiger partial charge in [0.15, 0.2) is 6.10 Å². The Hall–Kier alpha value is -1.55. The van der Waals surface area contributed by atoms with E-state index in [2.05, 4.69) is 42.7 Å². The summed E-state index contributed by atoms with van der Waals surface area (Å²) in [7, 11) is -4.61. The number of hydrogen-bond donors (Lipinski definition) is 3. The molecule has 0 aromatic rings. The Bertz CT molecular complexity index is 910. The average molecular weight is 747 g/mol. The minimum absolute atomic E-state index is 0.174. The largest absolute Gasteiger partial charge is 0.472 e. The normalized spacial score (nSPS) is 14.2. The molecular weight excluding hydrogens is 671 g/mol. The van der Waals surface area contributed by atoms with Crippen LogP contribution in [0.5, 0.6) is 0 Å². The molecule has 3 atom stereocenters. The Morgan fingerprint density at radius 2 is 0.961 bits per heavy atom. The van der Waals surface area contributed by atoms with Crippen LogP contribution in [0.3, 0.4) is 0 Å². The molecule has 0 saturated carbocycles. The van der Waals surface area contributed by atoms with E-state index in [0.29, 0.717) is 12.8 Å². The third-order valence-corrected chi connectivity index (χ3v) is 9.53. The van der Waals surface area contributed by atoms with E-state index >= 15 is 0 Å². The summed E-state index contributed by atoms with van der Waals surface area (Å²) >= 11 is 0. The average Bonchev–Trinajstić information content (AvgIpc) is 3.12. The summed E-state index contributed by atoms with van der Waals surface area (Å²) < 4.78 is 32.6. The molecule has 0 aliphatic heterocycles. The highest BCUT2D eigenvalue weighted by Crippen LogP contribution is 2.43. The fourth-order valence-electron chi connectivity index (χ4n) is 5.39. The van der Waals surface area contributed by atoms with Crippen LogP contribution in [-0.2, 0) is 32.7 Å². The molecule has 11 heteroatoms. The second kappa shape index (κ2) is 36.8. The molecule has 300 valence electrons. The van der Waals surface area contributed by atoms with Gasteiger partial charge in [0.05, 0.1) is 19.8 Å². The SMILES string of the molecule is CCCCCCC/C=C/CCCCCCCC(=O)OC[C@H](COP(=O)(O)OC[C@@H](O)CO)OC(=O)CCCCCCC/C=C/CCCCCCC. The second-order valence-corrected chi connectivity index (χ2v) is 15.1. The first-order valence-electron chi connectivity index (χ1n) is 20.3. The highest BCUT2D eigenvalue weighted by atomic mass is 31.2. The fraction of sp³-hybridized carbons (Fsp3) is 0.850. The van der Waals surface area contributed by atoms with Gasteiger partial charge in [-0.1, -0.05) is 128 Å². The summed E-state index contributed by atoms with van der Waals surface area (Å²) in [5.74, 6) is -0.943. The van der Waals surface area contributed by atoms with Crippen molar-refractivity contribution < 1.29 is 47.8 Å². The van der Waals surface area contributed by atoms with Crippen molar-refractivity contribution in [2.24, 2.45) is 0 Å². The smallest absolute Gasteiger partial charge is 0.462 e. The Balaban J connectivity index is 4.36. The Morgan fingerprint density at radius 1 is 0.569 bits per heavy atom. The van der Waals surface area contributed by atoms with Gasteiger partial charge in [-0.2, -0.15) is 0 Å². The van der Waals surface area contributed by atoms with Gasteiger partial charge in [-0.25, -0.2) is 4.57 Å². The van der Waals surface area contributed by atoms with Crippen LogP contribution in [0.15, 0.2) is 24.3 Å². The van der Waals surface area contributed by atoms with Crippen LogP contribution in [0.2, 0.25) is 0 Å². The van der Waals surface area contributed by atoms with Crippen molar-refractivity contribution in [3.05, 3.63) is 24.3 Å². The summed E-state index contributed by atoms with van der Waals surface area (Å²) in [6, 6.07) is 0. The molecule has 0 saturated heterocycles. The lowest BCUT2D eigenvalue weighted by Gasteiger charge is -2.20. The Kier molecular flexibility index (Phi) is 35.7. The number of carbonyl (C=O) groups is 2. The standard InChI is InChI=1S/C40H75O10P/c1-3-5-7-9-11-13-15-17-19-21-23-25-27-29-31-39(43)47-35-38(36-49-51(45,46)48-34-37(42)33-41)50-40(44)32-30-28-26-24-22-20-18-16-14-12-10-8-6-4-2/h15-18,37-38,41-42H,3-14,19-36H2,1-2H3,(H,45,46)/b17-15+,18-16+/t37-,38+/m0/s1. The van der Waals surface area contributed by atoms with Crippen LogP contribution in [0, 0.1) is 0 Å². The Labute approximate surface area is 310 Å². The van der Waals surface area contributed by atoms with Crippen LogP contribution in [-0.4, -0.2) is 65.7 Å². The number of allylic oxidation sites excluding steroid dienone is 4. The minimum Gasteiger partial charge on any atom is -0.462 e. The molecule has 0 radical (unpaired) electrons. The predicted octanol–water partition coefficient (Wildman–Crippen LogP) is 10.2. The van der Waals surface area contributed by atoms with Gasteiger partial charge in [0.1, 0.15) is 12.7 Å². The monoisotopic (exact) mass is 747 g/mol. The number of unbranched alkanes of at least 4 members (excludes halogenated alkanes) is 20. The van der Waals surface area contributed by atoms with Gasteiger partial charge in [0.2, 0.25) is 0 Å². The quantitative estimate of drug-likeness (QED) is 0.0241. The van der Waals surface area contributed by atoms with Crippen molar-refractivity contribution in [3.8, 4) is 0 Å². The summed E-state index contributed by atoms with van der Waals surface area (Å²) in [4.78, 5) is 34.9. The highest BCUT2D eigenvalue weighted by molar-refractivity contribution is 7.47. The zero-order valence-electron chi connectivity index (χ0n) is 32.3. The third kappa shape index (κ3) is 36.6. The number of phosphoric ester groups is 1. The molecule has 10 nitrogen and oxygen atoms in total. The van der Waals surface area contributed by atoms with Crippen LogP contribution in [0.1, 0.15) is 181 Å². The van der Waals surface area contributed by atoms with Gasteiger partial charge < -0.3 is 24.6 Å². The summed E-state index contributed by atoms with van der Waals surface area (Å²) in [5.41, 5.74) is 0. The van der Waals surface area contributed by atoms with E-state index in [-0.39, 0.29) is 19.4 Å². The number of esters is 2. The molecule has 3 N–H and O–H groups in total. The van der Waals surface area contributed by atoms with Crippen molar-refractivity contribution in [1.29, 1.82) is 0 Å². The summed E-state index contributed by atoms with van der Waals surface area (Å²) in [6.07, 6.45) is 34.3. The van der Waals surface area contributed by atoms with Crippen LogP contribution >= 0.6 is 7.82 Å². The number of rotatable bonds is 38. The van der Waals surface area contributed by atoms with Crippen LogP contribution in [0.25, 0.3) is 0 Å². The molecule has 0 spiro atoms. The van der Waals surface area contributed by atoms with Gasteiger partial charge in [-0.05, 0) is 64.2 Å². The first-order valence-corrected chi connectivity index (χ1v) is 21.8. The van der Waals surface area contributed by atoms with E-state index in [1.165, 1.54) is 64.2 Å². The summed E-state index contributed by atoms with van der Waals surface area (Å²) in [5, 5.41) is 18.3. The zero-order valence-corrected chi connectivity index (χ0v) is 33.2.